The lowest BCUT2D eigenvalue weighted by Gasteiger charge is -2.34. The van der Waals surface area contributed by atoms with Crippen LogP contribution in [0.2, 0.25) is 0 Å². The Morgan fingerprint density at radius 2 is 1.97 bits per heavy atom. The van der Waals surface area contributed by atoms with Gasteiger partial charge in [-0.1, -0.05) is 19.9 Å². The van der Waals surface area contributed by atoms with Gasteiger partial charge in [0.1, 0.15) is 5.54 Å². The molecule has 1 aromatic rings. The van der Waals surface area contributed by atoms with Crippen molar-refractivity contribution in [3.63, 3.8) is 0 Å². The van der Waals surface area contributed by atoms with E-state index in [1.54, 1.807) is 0 Å². The molecular formula is C27H37N3O4. The fraction of sp³-hybridized carbons (Fsp3) is 0.667. The van der Waals surface area contributed by atoms with E-state index < -0.39 is 5.54 Å². The van der Waals surface area contributed by atoms with Gasteiger partial charge in [-0.15, -0.1) is 0 Å². The van der Waals surface area contributed by atoms with Crippen LogP contribution in [-0.2, 0) is 16.0 Å². The van der Waals surface area contributed by atoms with Gasteiger partial charge in [0, 0.05) is 25.4 Å². The maximum Gasteiger partial charge on any atom is 0.231 e. The fourth-order valence-electron chi connectivity index (χ4n) is 6.45. The van der Waals surface area contributed by atoms with Crippen molar-refractivity contribution in [2.75, 3.05) is 19.9 Å². The third-order valence-electron chi connectivity index (χ3n) is 8.30. The number of aliphatic imine (C=N–C) groups is 1. The maximum atomic E-state index is 13.3. The highest BCUT2D eigenvalue weighted by molar-refractivity contribution is 5.98. The van der Waals surface area contributed by atoms with Gasteiger partial charge in [0.15, 0.2) is 17.3 Å². The molecular weight excluding hydrogens is 430 g/mol. The molecule has 0 spiro atoms. The minimum atomic E-state index is -0.677. The number of fused-ring (bicyclic) bond motifs is 2. The smallest absolute Gasteiger partial charge is 0.231 e. The summed E-state index contributed by atoms with van der Waals surface area (Å²) < 4.78 is 10.8. The van der Waals surface area contributed by atoms with Crippen LogP contribution in [0, 0.1) is 23.2 Å². The van der Waals surface area contributed by atoms with Gasteiger partial charge in [0.05, 0.1) is 12.3 Å². The Kier molecular flexibility index (Phi) is 5.85. The zero-order valence-corrected chi connectivity index (χ0v) is 20.6. The standard InChI is InChI=1S/C27H37N3O4/c1-17(2)12-26(3)23(31)15-27(14-20(27)25(28)29-26)13-18-6-8-30(9-7-18)24(32)11-19-4-5-21-22(10-19)34-16-33-21/h4-5,10,17-18,20H,6-9,11-16H2,1-3H3,(H2,28,29). The van der Waals surface area contributed by atoms with E-state index in [9.17, 15) is 9.59 Å². The first-order valence-electron chi connectivity index (χ1n) is 12.7. The number of amidine groups is 1. The summed E-state index contributed by atoms with van der Waals surface area (Å²) in [5, 5.41) is 0. The van der Waals surface area contributed by atoms with Crippen molar-refractivity contribution in [2.24, 2.45) is 33.9 Å². The summed E-state index contributed by atoms with van der Waals surface area (Å²) in [5.41, 5.74) is 6.68. The number of rotatable bonds is 6. The minimum absolute atomic E-state index is 0.0112. The molecule has 1 amide bonds. The predicted octanol–water partition coefficient (Wildman–Crippen LogP) is 3.73. The van der Waals surface area contributed by atoms with E-state index in [1.807, 2.05) is 30.0 Å². The first-order chi connectivity index (χ1) is 16.2. The van der Waals surface area contributed by atoms with Gasteiger partial charge in [-0.05, 0) is 74.0 Å². The molecule has 0 radical (unpaired) electrons. The van der Waals surface area contributed by atoms with Crippen LogP contribution < -0.4 is 15.2 Å². The molecule has 3 atom stereocenters. The van der Waals surface area contributed by atoms with Crippen LogP contribution in [0.4, 0.5) is 0 Å². The molecule has 3 aliphatic heterocycles. The predicted molar refractivity (Wildman–Crippen MR) is 130 cm³/mol. The summed E-state index contributed by atoms with van der Waals surface area (Å²) in [4.78, 5) is 32.9. The Hall–Kier alpha value is -2.57. The number of hydrogen-bond acceptors (Lipinski definition) is 6. The lowest BCUT2D eigenvalue weighted by atomic mass is 9.78. The average Bonchev–Trinajstić information content (AvgIpc) is 3.28. The Morgan fingerprint density at radius 3 is 2.71 bits per heavy atom. The van der Waals surface area contributed by atoms with E-state index in [1.165, 1.54) is 0 Å². The van der Waals surface area contributed by atoms with Gasteiger partial charge in [-0.2, -0.15) is 0 Å². The van der Waals surface area contributed by atoms with Crippen LogP contribution in [0.15, 0.2) is 23.2 Å². The number of Topliss-reactive ketones (excluding diaryl/α,β-unsaturated/α-hetero) is 1. The second kappa shape index (κ2) is 8.58. The molecule has 3 heterocycles. The van der Waals surface area contributed by atoms with Gasteiger partial charge in [0.25, 0.3) is 0 Å². The van der Waals surface area contributed by atoms with E-state index in [-0.39, 0.29) is 29.8 Å². The lowest BCUT2D eigenvalue weighted by Crippen LogP contribution is -2.40. The largest absolute Gasteiger partial charge is 0.454 e. The second-order valence-corrected chi connectivity index (χ2v) is 11.5. The number of hydrogen-bond donors (Lipinski definition) is 1. The zero-order valence-electron chi connectivity index (χ0n) is 20.6. The van der Waals surface area contributed by atoms with E-state index in [2.05, 4.69) is 13.8 Å². The van der Waals surface area contributed by atoms with E-state index >= 15 is 0 Å². The lowest BCUT2D eigenvalue weighted by molar-refractivity contribution is -0.131. The number of carbonyl (C=O) groups is 2. The van der Waals surface area contributed by atoms with Gasteiger partial charge in [0.2, 0.25) is 12.7 Å². The van der Waals surface area contributed by atoms with Crippen molar-refractivity contribution in [2.45, 2.75) is 71.3 Å². The second-order valence-electron chi connectivity index (χ2n) is 11.5. The summed E-state index contributed by atoms with van der Waals surface area (Å²) in [6.45, 7) is 8.02. The number of likely N-dealkylation sites (tertiary alicyclic amines) is 1. The first-order valence-corrected chi connectivity index (χ1v) is 12.7. The SMILES string of the molecule is CC(C)CC1(C)N=C(N)C2CC2(CC2CCN(C(=O)Cc3ccc4c(c3)OCO4)CC2)CC1=O. The van der Waals surface area contributed by atoms with Crippen molar-refractivity contribution < 1.29 is 19.1 Å². The number of carbonyl (C=O) groups excluding carboxylic acids is 2. The number of ether oxygens (including phenoxy) is 2. The Bertz CT molecular complexity index is 1010. The number of amides is 1. The summed E-state index contributed by atoms with van der Waals surface area (Å²) in [5.74, 6) is 3.71. The van der Waals surface area contributed by atoms with Crippen LogP contribution in [0.5, 0.6) is 11.5 Å². The molecule has 5 rings (SSSR count). The molecule has 34 heavy (non-hydrogen) atoms. The summed E-state index contributed by atoms with van der Waals surface area (Å²) in [7, 11) is 0. The Morgan fingerprint density at radius 1 is 1.24 bits per heavy atom. The molecule has 7 heteroatoms. The molecule has 4 aliphatic rings. The van der Waals surface area contributed by atoms with Crippen molar-refractivity contribution in [3.8, 4) is 11.5 Å². The third-order valence-corrected chi connectivity index (χ3v) is 8.30. The van der Waals surface area contributed by atoms with Crippen LogP contribution in [0.25, 0.3) is 0 Å². The van der Waals surface area contributed by atoms with E-state index in [4.69, 9.17) is 20.2 Å². The molecule has 1 saturated carbocycles. The normalized spacial score (nSPS) is 30.7. The van der Waals surface area contributed by atoms with Gasteiger partial charge in [-0.3, -0.25) is 14.6 Å². The number of nitrogens with two attached hydrogens (primary N) is 1. The molecule has 7 nitrogen and oxygen atoms in total. The number of nitrogens with zero attached hydrogens (tertiary/aromatic N) is 2. The highest BCUT2D eigenvalue weighted by Gasteiger charge is 2.60. The third kappa shape index (κ3) is 4.41. The molecule has 1 aliphatic carbocycles. The van der Waals surface area contributed by atoms with Crippen LogP contribution in [0.1, 0.15) is 64.9 Å². The topological polar surface area (TPSA) is 94.2 Å². The van der Waals surface area contributed by atoms with Crippen molar-refractivity contribution in [3.05, 3.63) is 23.8 Å². The van der Waals surface area contributed by atoms with Crippen LogP contribution in [0.3, 0.4) is 0 Å². The molecule has 3 unspecified atom stereocenters. The highest BCUT2D eigenvalue weighted by atomic mass is 16.7. The Balaban J connectivity index is 1.16. The maximum absolute atomic E-state index is 13.3. The van der Waals surface area contributed by atoms with Crippen LogP contribution in [-0.4, -0.2) is 47.8 Å². The van der Waals surface area contributed by atoms with Crippen molar-refractivity contribution >= 4 is 17.5 Å². The summed E-state index contributed by atoms with van der Waals surface area (Å²) in [6.07, 6.45) is 5.68. The zero-order chi connectivity index (χ0) is 24.1. The molecule has 0 bridgehead atoms. The average molecular weight is 468 g/mol. The highest BCUT2D eigenvalue weighted by Crippen LogP contribution is 2.62. The quantitative estimate of drug-likeness (QED) is 0.688. The fourth-order valence-corrected chi connectivity index (χ4v) is 6.45. The van der Waals surface area contributed by atoms with Crippen molar-refractivity contribution in [1.82, 2.24) is 4.90 Å². The van der Waals surface area contributed by atoms with E-state index in [0.29, 0.717) is 36.3 Å². The number of benzene rings is 1. The molecule has 184 valence electrons. The van der Waals surface area contributed by atoms with Gasteiger partial charge in [-0.25, -0.2) is 0 Å². The van der Waals surface area contributed by atoms with Gasteiger partial charge < -0.3 is 20.1 Å². The number of piperidine rings is 1. The minimum Gasteiger partial charge on any atom is -0.454 e. The van der Waals surface area contributed by atoms with Gasteiger partial charge >= 0.3 is 0 Å². The summed E-state index contributed by atoms with van der Waals surface area (Å²) >= 11 is 0. The summed E-state index contributed by atoms with van der Waals surface area (Å²) in [6, 6.07) is 5.71. The monoisotopic (exact) mass is 467 g/mol. The molecule has 2 N–H and O–H groups in total. The van der Waals surface area contributed by atoms with E-state index in [0.717, 1.165) is 56.5 Å². The first kappa shape index (κ1) is 23.2. The molecule has 1 aromatic carbocycles. The molecule has 0 aromatic heterocycles. The number of ketones is 1. The molecule has 1 saturated heterocycles. The van der Waals surface area contributed by atoms with Crippen molar-refractivity contribution in [1.29, 1.82) is 0 Å². The molecule has 2 fully saturated rings. The van der Waals surface area contributed by atoms with Crippen LogP contribution >= 0.6 is 0 Å². The Labute approximate surface area is 202 Å².